The summed E-state index contributed by atoms with van der Waals surface area (Å²) < 4.78 is 1.55. The molecule has 0 radical (unpaired) electrons. The molecule has 0 aliphatic carbocycles. The fourth-order valence-electron chi connectivity index (χ4n) is 1.74. The van der Waals surface area contributed by atoms with Gasteiger partial charge in [-0.05, 0) is 19.1 Å². The minimum atomic E-state index is -0.152. The van der Waals surface area contributed by atoms with E-state index in [1.54, 1.807) is 29.8 Å². The molecule has 0 aliphatic rings. The first-order chi connectivity index (χ1) is 7.02. The summed E-state index contributed by atoms with van der Waals surface area (Å²) in [6, 6.07) is 5.17. The van der Waals surface area contributed by atoms with Gasteiger partial charge in [-0.15, -0.1) is 0 Å². The standard InChI is InChI=1S/C11H10ClNO2/c1-6(14)10-8-4-3-7(12)5-9(8)13(2)11(10)15/h3-5,15H,1-2H3. The van der Waals surface area contributed by atoms with Crippen molar-refractivity contribution in [2.24, 2.45) is 7.05 Å². The zero-order valence-corrected chi connectivity index (χ0v) is 9.17. The van der Waals surface area contributed by atoms with E-state index >= 15 is 0 Å². The number of fused-ring (bicyclic) bond motifs is 1. The second-order valence-corrected chi connectivity index (χ2v) is 3.91. The van der Waals surface area contributed by atoms with Crippen molar-refractivity contribution < 1.29 is 9.90 Å². The lowest BCUT2D eigenvalue weighted by Gasteiger charge is -1.96. The molecule has 0 aliphatic heterocycles. The van der Waals surface area contributed by atoms with Gasteiger partial charge in [0.05, 0.1) is 11.1 Å². The van der Waals surface area contributed by atoms with E-state index in [-0.39, 0.29) is 11.7 Å². The van der Waals surface area contributed by atoms with Crippen LogP contribution in [0.1, 0.15) is 17.3 Å². The average molecular weight is 224 g/mol. The van der Waals surface area contributed by atoms with Crippen LogP contribution in [-0.2, 0) is 7.05 Å². The summed E-state index contributed by atoms with van der Waals surface area (Å²) in [5.41, 5.74) is 1.11. The second kappa shape index (κ2) is 3.28. The molecular formula is C11H10ClNO2. The molecule has 4 heteroatoms. The van der Waals surface area contributed by atoms with Crippen molar-refractivity contribution in [1.82, 2.24) is 4.57 Å². The number of carbonyl (C=O) groups excluding carboxylic acids is 1. The van der Waals surface area contributed by atoms with Crippen molar-refractivity contribution in [1.29, 1.82) is 0 Å². The Labute approximate surface area is 91.9 Å². The van der Waals surface area contributed by atoms with Crippen molar-refractivity contribution in [3.8, 4) is 5.88 Å². The normalized spacial score (nSPS) is 10.9. The fourth-order valence-corrected chi connectivity index (χ4v) is 1.91. The number of aromatic nitrogens is 1. The number of hydrogen-bond acceptors (Lipinski definition) is 2. The number of aryl methyl sites for hydroxylation is 1. The first-order valence-corrected chi connectivity index (χ1v) is 4.88. The van der Waals surface area contributed by atoms with Gasteiger partial charge in [-0.3, -0.25) is 4.79 Å². The summed E-state index contributed by atoms with van der Waals surface area (Å²) in [7, 11) is 1.69. The molecule has 0 fully saturated rings. The Morgan fingerprint density at radius 1 is 1.47 bits per heavy atom. The van der Waals surface area contributed by atoms with Gasteiger partial charge in [0.1, 0.15) is 0 Å². The third-order valence-corrected chi connectivity index (χ3v) is 2.72. The predicted octanol–water partition coefficient (Wildman–Crippen LogP) is 2.74. The first-order valence-electron chi connectivity index (χ1n) is 4.50. The molecule has 2 aromatic rings. The minimum absolute atomic E-state index is 0.0141. The maximum Gasteiger partial charge on any atom is 0.202 e. The van der Waals surface area contributed by atoms with Crippen LogP contribution in [0.25, 0.3) is 10.9 Å². The number of aromatic hydroxyl groups is 1. The molecule has 3 nitrogen and oxygen atoms in total. The van der Waals surface area contributed by atoms with Gasteiger partial charge in [-0.25, -0.2) is 0 Å². The lowest BCUT2D eigenvalue weighted by Crippen LogP contribution is -1.91. The van der Waals surface area contributed by atoms with Crippen molar-refractivity contribution in [3.05, 3.63) is 28.8 Å². The number of ketones is 1. The fraction of sp³-hybridized carbons (Fsp3) is 0.182. The van der Waals surface area contributed by atoms with E-state index in [1.807, 2.05) is 0 Å². The quantitative estimate of drug-likeness (QED) is 0.756. The molecule has 0 atom stereocenters. The summed E-state index contributed by atoms with van der Waals surface area (Å²) in [6.07, 6.45) is 0. The topological polar surface area (TPSA) is 42.2 Å². The second-order valence-electron chi connectivity index (χ2n) is 3.48. The molecule has 0 unspecified atom stereocenters. The van der Waals surface area contributed by atoms with Crippen molar-refractivity contribution in [2.75, 3.05) is 0 Å². The van der Waals surface area contributed by atoms with Crippen molar-refractivity contribution in [3.63, 3.8) is 0 Å². The molecule has 15 heavy (non-hydrogen) atoms. The van der Waals surface area contributed by atoms with Gasteiger partial charge in [-0.1, -0.05) is 17.7 Å². The van der Waals surface area contributed by atoms with Crippen LogP contribution < -0.4 is 0 Å². The van der Waals surface area contributed by atoms with Crippen molar-refractivity contribution >= 4 is 28.3 Å². The van der Waals surface area contributed by atoms with E-state index in [1.165, 1.54) is 6.92 Å². The smallest absolute Gasteiger partial charge is 0.202 e. The van der Waals surface area contributed by atoms with Crippen LogP contribution in [0.5, 0.6) is 5.88 Å². The van der Waals surface area contributed by atoms with Gasteiger partial charge in [0.15, 0.2) is 5.78 Å². The van der Waals surface area contributed by atoms with Gasteiger partial charge in [-0.2, -0.15) is 0 Å². The molecule has 0 saturated heterocycles. The highest BCUT2D eigenvalue weighted by atomic mass is 35.5. The van der Waals surface area contributed by atoms with Crippen LogP contribution in [-0.4, -0.2) is 15.5 Å². The number of Topliss-reactive ketones (excluding diaryl/α,β-unsaturated/α-hetero) is 1. The molecular weight excluding hydrogens is 214 g/mol. The summed E-state index contributed by atoms with van der Waals surface area (Å²) in [5.74, 6) is -0.166. The molecule has 0 amide bonds. The number of benzene rings is 1. The number of carbonyl (C=O) groups is 1. The Morgan fingerprint density at radius 2 is 2.13 bits per heavy atom. The van der Waals surface area contributed by atoms with Crippen LogP contribution in [0.3, 0.4) is 0 Å². The molecule has 2 rings (SSSR count). The molecule has 78 valence electrons. The molecule has 1 heterocycles. The average Bonchev–Trinajstić information content (AvgIpc) is 2.41. The zero-order chi connectivity index (χ0) is 11.2. The monoisotopic (exact) mass is 223 g/mol. The Bertz CT molecular complexity index is 557. The molecule has 0 saturated carbocycles. The van der Waals surface area contributed by atoms with Crippen LogP contribution >= 0.6 is 11.6 Å². The zero-order valence-electron chi connectivity index (χ0n) is 8.41. The summed E-state index contributed by atoms with van der Waals surface area (Å²) in [6.45, 7) is 1.43. The van der Waals surface area contributed by atoms with Gasteiger partial charge in [0.25, 0.3) is 0 Å². The van der Waals surface area contributed by atoms with Crippen LogP contribution in [0, 0.1) is 0 Å². The van der Waals surface area contributed by atoms with E-state index in [0.717, 1.165) is 10.9 Å². The minimum Gasteiger partial charge on any atom is -0.494 e. The highest BCUT2D eigenvalue weighted by Crippen LogP contribution is 2.32. The van der Waals surface area contributed by atoms with Gasteiger partial charge in [0.2, 0.25) is 5.88 Å². The maximum absolute atomic E-state index is 11.4. The molecule has 1 aromatic heterocycles. The number of nitrogens with zero attached hydrogens (tertiary/aromatic N) is 1. The number of hydrogen-bond donors (Lipinski definition) is 1. The lowest BCUT2D eigenvalue weighted by molar-refractivity contribution is 0.101. The SMILES string of the molecule is CC(=O)c1c(O)n(C)c2cc(Cl)ccc12. The Morgan fingerprint density at radius 3 is 2.73 bits per heavy atom. The summed E-state index contributed by atoms with van der Waals surface area (Å²) in [4.78, 5) is 11.4. The van der Waals surface area contributed by atoms with Gasteiger partial charge < -0.3 is 9.67 Å². The molecule has 0 bridgehead atoms. The van der Waals surface area contributed by atoms with Gasteiger partial charge in [0, 0.05) is 17.5 Å². The van der Waals surface area contributed by atoms with E-state index in [4.69, 9.17) is 11.6 Å². The highest BCUT2D eigenvalue weighted by Gasteiger charge is 2.17. The highest BCUT2D eigenvalue weighted by molar-refractivity contribution is 6.31. The number of halogens is 1. The van der Waals surface area contributed by atoms with Gasteiger partial charge >= 0.3 is 0 Å². The summed E-state index contributed by atoms with van der Waals surface area (Å²) in [5, 5.41) is 11.1. The first kappa shape index (κ1) is 10.1. The van der Waals surface area contributed by atoms with E-state index in [9.17, 15) is 9.90 Å². The third-order valence-electron chi connectivity index (χ3n) is 2.48. The maximum atomic E-state index is 11.4. The Balaban J connectivity index is 2.93. The summed E-state index contributed by atoms with van der Waals surface area (Å²) >= 11 is 5.85. The Kier molecular flexibility index (Phi) is 2.20. The number of rotatable bonds is 1. The van der Waals surface area contributed by atoms with E-state index < -0.39 is 0 Å². The Hall–Kier alpha value is -1.48. The van der Waals surface area contributed by atoms with Crippen molar-refractivity contribution in [2.45, 2.75) is 6.92 Å². The molecule has 0 spiro atoms. The lowest BCUT2D eigenvalue weighted by atomic mass is 10.1. The molecule has 1 aromatic carbocycles. The van der Waals surface area contributed by atoms with E-state index in [2.05, 4.69) is 0 Å². The van der Waals surface area contributed by atoms with Crippen LogP contribution in [0.2, 0.25) is 5.02 Å². The largest absolute Gasteiger partial charge is 0.494 e. The molecule has 1 N–H and O–H groups in total. The van der Waals surface area contributed by atoms with Crippen LogP contribution in [0.15, 0.2) is 18.2 Å². The predicted molar refractivity (Wildman–Crippen MR) is 59.6 cm³/mol. The van der Waals surface area contributed by atoms with Crippen LogP contribution in [0.4, 0.5) is 0 Å². The van der Waals surface area contributed by atoms with E-state index in [0.29, 0.717) is 10.6 Å². The third kappa shape index (κ3) is 1.39.